The lowest BCUT2D eigenvalue weighted by Crippen LogP contribution is -2.10. The van der Waals surface area contributed by atoms with Crippen molar-refractivity contribution in [2.75, 3.05) is 11.9 Å². The molecule has 20 heavy (non-hydrogen) atoms. The molecule has 1 aromatic heterocycles. The highest BCUT2D eigenvalue weighted by Gasteiger charge is 2.19. The Morgan fingerprint density at radius 2 is 2.35 bits per heavy atom. The van der Waals surface area contributed by atoms with E-state index in [9.17, 15) is 10.1 Å². The summed E-state index contributed by atoms with van der Waals surface area (Å²) < 4.78 is 0. The van der Waals surface area contributed by atoms with E-state index in [4.69, 9.17) is 23.8 Å². The molecule has 0 unspecified atom stereocenters. The van der Waals surface area contributed by atoms with Crippen molar-refractivity contribution < 1.29 is 4.92 Å². The summed E-state index contributed by atoms with van der Waals surface area (Å²) in [5, 5.41) is 13.9. The molecule has 0 fully saturated rings. The lowest BCUT2D eigenvalue weighted by Gasteiger charge is -2.12. The highest BCUT2D eigenvalue weighted by atomic mass is 35.5. The molecule has 0 spiro atoms. The summed E-state index contributed by atoms with van der Waals surface area (Å²) in [7, 11) is 0. The molecule has 1 aliphatic carbocycles. The molecule has 0 bridgehead atoms. The average molecular weight is 310 g/mol. The maximum atomic E-state index is 11.0. The number of hydrogen-bond donors (Lipinski definition) is 1. The number of allylic oxidation sites excluding steroid dienone is 3. The van der Waals surface area contributed by atoms with Crippen LogP contribution in [0, 0.1) is 10.1 Å². The van der Waals surface area contributed by atoms with Gasteiger partial charge in [-0.25, -0.2) is 4.98 Å². The van der Waals surface area contributed by atoms with E-state index in [-0.39, 0.29) is 10.8 Å². The summed E-state index contributed by atoms with van der Waals surface area (Å²) in [4.78, 5) is 15.0. The molecule has 0 radical (unpaired) electrons. The van der Waals surface area contributed by atoms with Crippen molar-refractivity contribution in [3.05, 3.63) is 51.3 Å². The predicted octanol–water partition coefficient (Wildman–Crippen LogP) is 3.70. The van der Waals surface area contributed by atoms with Crippen molar-refractivity contribution in [3.8, 4) is 0 Å². The summed E-state index contributed by atoms with van der Waals surface area (Å²) in [6, 6.07) is 1.54. The molecular formula is C13H12ClN3O2S. The van der Waals surface area contributed by atoms with Crippen molar-refractivity contribution in [1.29, 1.82) is 0 Å². The fraction of sp³-hybridized carbons (Fsp3) is 0.231. The maximum Gasteiger partial charge on any atom is 0.329 e. The van der Waals surface area contributed by atoms with Gasteiger partial charge in [0, 0.05) is 24.0 Å². The van der Waals surface area contributed by atoms with Gasteiger partial charge in [-0.2, -0.15) is 0 Å². The van der Waals surface area contributed by atoms with Gasteiger partial charge in [-0.1, -0.05) is 42.0 Å². The van der Waals surface area contributed by atoms with Gasteiger partial charge < -0.3 is 5.32 Å². The van der Waals surface area contributed by atoms with Gasteiger partial charge in [-0.15, -0.1) is 0 Å². The Bertz CT molecular complexity index is 614. The quantitative estimate of drug-likeness (QED) is 0.389. The molecule has 7 heteroatoms. The Morgan fingerprint density at radius 1 is 1.55 bits per heavy atom. The van der Waals surface area contributed by atoms with Gasteiger partial charge >= 0.3 is 5.69 Å². The van der Waals surface area contributed by atoms with Gasteiger partial charge in [0.15, 0.2) is 0 Å². The Morgan fingerprint density at radius 3 is 3.05 bits per heavy atom. The zero-order chi connectivity index (χ0) is 14.5. The standard InChI is InChI=1S/C13H12ClN3O2S/c14-13-12(17(18)19)10(6-8-16-13)15-7-5-9-3-1-2-4-11(9)20/h1-3,6,8H,4-5,7H2,(H,15,16). The SMILES string of the molecule is O=[N+]([O-])c1c(NCCC2=CC=CCC2=S)ccnc1Cl. The number of nitro groups is 1. The third-order valence-electron chi connectivity index (χ3n) is 2.87. The number of rotatable bonds is 5. The van der Waals surface area contributed by atoms with E-state index in [1.165, 1.54) is 12.3 Å². The van der Waals surface area contributed by atoms with Gasteiger partial charge in [0.05, 0.1) is 4.92 Å². The smallest absolute Gasteiger partial charge is 0.329 e. The van der Waals surface area contributed by atoms with E-state index in [0.29, 0.717) is 18.7 Å². The van der Waals surface area contributed by atoms with Crippen LogP contribution in [0.5, 0.6) is 0 Å². The van der Waals surface area contributed by atoms with Crippen LogP contribution in [0.15, 0.2) is 36.1 Å². The molecule has 5 nitrogen and oxygen atoms in total. The number of pyridine rings is 1. The van der Waals surface area contributed by atoms with Crippen LogP contribution in [0.2, 0.25) is 5.15 Å². The van der Waals surface area contributed by atoms with Crippen LogP contribution in [-0.2, 0) is 0 Å². The Kier molecular flexibility index (Phi) is 4.81. The number of hydrogen-bond acceptors (Lipinski definition) is 5. The van der Waals surface area contributed by atoms with Crippen LogP contribution < -0.4 is 5.32 Å². The minimum Gasteiger partial charge on any atom is -0.379 e. The normalized spacial score (nSPS) is 14.1. The minimum absolute atomic E-state index is 0.115. The summed E-state index contributed by atoms with van der Waals surface area (Å²) in [5.74, 6) is 0. The summed E-state index contributed by atoms with van der Waals surface area (Å²) in [6.45, 7) is 0.543. The van der Waals surface area contributed by atoms with E-state index in [1.807, 2.05) is 18.2 Å². The topological polar surface area (TPSA) is 68.1 Å². The van der Waals surface area contributed by atoms with Crippen LogP contribution in [-0.4, -0.2) is 21.3 Å². The number of anilines is 1. The van der Waals surface area contributed by atoms with E-state index >= 15 is 0 Å². The number of nitrogens with zero attached hydrogens (tertiary/aromatic N) is 2. The average Bonchev–Trinajstić information content (AvgIpc) is 2.40. The second kappa shape index (κ2) is 6.58. The Balaban J connectivity index is 2.03. The first-order chi connectivity index (χ1) is 9.59. The van der Waals surface area contributed by atoms with Crippen molar-refractivity contribution >= 4 is 40.1 Å². The van der Waals surface area contributed by atoms with Crippen LogP contribution in [0.4, 0.5) is 11.4 Å². The lowest BCUT2D eigenvalue weighted by atomic mass is 10.0. The van der Waals surface area contributed by atoms with Crippen LogP contribution in [0.1, 0.15) is 12.8 Å². The van der Waals surface area contributed by atoms with E-state index in [2.05, 4.69) is 10.3 Å². The monoisotopic (exact) mass is 309 g/mol. The Labute approximate surface area is 126 Å². The number of thiocarbonyl (C=S) groups is 1. The van der Waals surface area contributed by atoms with Crippen LogP contribution in [0.25, 0.3) is 0 Å². The molecule has 2 rings (SSSR count). The van der Waals surface area contributed by atoms with Crippen LogP contribution >= 0.6 is 23.8 Å². The maximum absolute atomic E-state index is 11.0. The van der Waals surface area contributed by atoms with Gasteiger partial charge in [0.25, 0.3) is 0 Å². The molecular weight excluding hydrogens is 298 g/mol. The number of nitrogens with one attached hydrogen (secondary N) is 1. The molecule has 1 N–H and O–H groups in total. The first-order valence-electron chi connectivity index (χ1n) is 6.01. The van der Waals surface area contributed by atoms with Crippen molar-refractivity contribution in [2.45, 2.75) is 12.8 Å². The van der Waals surface area contributed by atoms with Crippen molar-refractivity contribution in [3.63, 3.8) is 0 Å². The fourth-order valence-electron chi connectivity index (χ4n) is 1.88. The molecule has 1 aliphatic rings. The van der Waals surface area contributed by atoms with E-state index < -0.39 is 4.92 Å². The zero-order valence-corrected chi connectivity index (χ0v) is 12.1. The third kappa shape index (κ3) is 3.40. The first-order valence-corrected chi connectivity index (χ1v) is 6.80. The molecule has 0 amide bonds. The van der Waals surface area contributed by atoms with Gasteiger partial charge in [-0.3, -0.25) is 10.1 Å². The van der Waals surface area contributed by atoms with E-state index in [1.54, 1.807) is 0 Å². The second-order valence-electron chi connectivity index (χ2n) is 4.18. The van der Waals surface area contributed by atoms with Gasteiger partial charge in [0.2, 0.25) is 5.15 Å². The van der Waals surface area contributed by atoms with E-state index in [0.717, 1.165) is 16.9 Å². The largest absolute Gasteiger partial charge is 0.379 e. The predicted molar refractivity (Wildman–Crippen MR) is 83.4 cm³/mol. The fourth-order valence-corrected chi connectivity index (χ4v) is 2.38. The van der Waals surface area contributed by atoms with Crippen molar-refractivity contribution in [1.82, 2.24) is 4.98 Å². The van der Waals surface area contributed by atoms with Gasteiger partial charge in [-0.05, 0) is 18.1 Å². The van der Waals surface area contributed by atoms with Crippen molar-refractivity contribution in [2.24, 2.45) is 0 Å². The third-order valence-corrected chi connectivity index (χ3v) is 3.57. The molecule has 0 aliphatic heterocycles. The molecule has 1 aromatic rings. The molecule has 104 valence electrons. The molecule has 1 heterocycles. The summed E-state index contributed by atoms with van der Waals surface area (Å²) in [6.07, 6.45) is 8.87. The van der Waals surface area contributed by atoms with Gasteiger partial charge in [0.1, 0.15) is 5.69 Å². The number of aromatic nitrogens is 1. The minimum atomic E-state index is -0.537. The summed E-state index contributed by atoms with van der Waals surface area (Å²) >= 11 is 11.0. The molecule has 0 aromatic carbocycles. The Hall–Kier alpha value is -1.79. The molecule has 0 saturated carbocycles. The summed E-state index contributed by atoms with van der Waals surface area (Å²) in [5.41, 5.74) is 1.25. The highest BCUT2D eigenvalue weighted by Crippen LogP contribution is 2.30. The lowest BCUT2D eigenvalue weighted by molar-refractivity contribution is -0.384. The number of halogens is 1. The second-order valence-corrected chi connectivity index (χ2v) is 5.03. The molecule has 0 saturated heterocycles. The molecule has 0 atom stereocenters. The van der Waals surface area contributed by atoms with Crippen LogP contribution in [0.3, 0.4) is 0 Å². The zero-order valence-electron chi connectivity index (χ0n) is 10.5. The first kappa shape index (κ1) is 14.6. The highest BCUT2D eigenvalue weighted by molar-refractivity contribution is 7.80.